The molecule has 0 unspecified atom stereocenters. The van der Waals surface area contributed by atoms with E-state index in [0.717, 1.165) is 0 Å². The van der Waals surface area contributed by atoms with Crippen molar-refractivity contribution in [2.45, 2.75) is 58.8 Å². The molecule has 50 heavy (non-hydrogen) atoms. The van der Waals surface area contributed by atoms with E-state index >= 15 is 0 Å². The van der Waals surface area contributed by atoms with E-state index in [1.807, 2.05) is 0 Å². The van der Waals surface area contributed by atoms with Crippen molar-refractivity contribution in [3.8, 4) is 11.1 Å². The molecule has 4 aromatic rings. The first-order chi connectivity index (χ1) is 23.4. The first-order valence-corrected chi connectivity index (χ1v) is 16.3. The fourth-order valence-corrected chi connectivity index (χ4v) is 5.26. The lowest BCUT2D eigenvalue weighted by molar-refractivity contribution is -0.144. The fourth-order valence-electron chi connectivity index (χ4n) is 4.45. The number of pyridine rings is 2. The van der Waals surface area contributed by atoms with Crippen molar-refractivity contribution in [2.24, 2.45) is 0 Å². The van der Waals surface area contributed by atoms with Crippen LogP contribution in [0.15, 0.2) is 60.8 Å². The van der Waals surface area contributed by atoms with Gasteiger partial charge in [0.1, 0.15) is 22.5 Å². The number of carbonyl (C=O) groups is 4. The number of aliphatic carboxylic acids is 2. The molecule has 0 atom stereocenters. The van der Waals surface area contributed by atoms with E-state index in [0.29, 0.717) is 33.6 Å². The number of aromatic nitrogens is 2. The number of halogens is 3. The highest BCUT2D eigenvalue weighted by atomic mass is 35.5. The van der Waals surface area contributed by atoms with Crippen molar-refractivity contribution in [2.75, 3.05) is 10.6 Å². The number of nitrogens with one attached hydrogen (secondary N) is 4. The lowest BCUT2D eigenvalue weighted by Crippen LogP contribution is -2.46. The molecule has 0 radical (unpaired) electrons. The van der Waals surface area contributed by atoms with Gasteiger partial charge in [0.25, 0.3) is 11.8 Å². The topological polar surface area (TPSA) is 183 Å². The van der Waals surface area contributed by atoms with Gasteiger partial charge in [0.15, 0.2) is 0 Å². The predicted octanol–water partition coefficient (Wildman–Crippen LogP) is 6.82. The van der Waals surface area contributed by atoms with Crippen molar-refractivity contribution in [1.82, 2.24) is 20.6 Å². The second-order valence-corrected chi connectivity index (χ2v) is 13.6. The molecule has 0 aliphatic heterocycles. The van der Waals surface area contributed by atoms with Crippen LogP contribution in [0.1, 0.15) is 65.5 Å². The molecular formula is C35H35Cl3N6O6. The average Bonchev–Trinajstić information content (AvgIpc) is 3.06. The van der Waals surface area contributed by atoms with Crippen LogP contribution in [0, 0.1) is 6.92 Å². The summed E-state index contributed by atoms with van der Waals surface area (Å²) in [5.41, 5.74) is 1.07. The summed E-state index contributed by atoms with van der Waals surface area (Å²) in [6.07, 6.45) is 1.48. The molecule has 2 amide bonds. The summed E-state index contributed by atoms with van der Waals surface area (Å²) in [5, 5.41) is 30.4. The van der Waals surface area contributed by atoms with Crippen LogP contribution in [0.5, 0.6) is 0 Å². The lowest BCUT2D eigenvalue weighted by Gasteiger charge is -2.21. The van der Waals surface area contributed by atoms with E-state index in [4.69, 9.17) is 34.8 Å². The number of carboxylic acid groups (broad SMARTS) is 2. The Labute approximate surface area is 303 Å². The summed E-state index contributed by atoms with van der Waals surface area (Å²) >= 11 is 20.0. The van der Waals surface area contributed by atoms with Crippen molar-refractivity contribution in [3.05, 3.63) is 104 Å². The van der Waals surface area contributed by atoms with Crippen LogP contribution in [0.25, 0.3) is 11.1 Å². The van der Waals surface area contributed by atoms with Gasteiger partial charge in [-0.15, -0.1) is 0 Å². The number of hydrogen-bond donors (Lipinski definition) is 6. The van der Waals surface area contributed by atoms with Gasteiger partial charge in [-0.1, -0.05) is 65.1 Å². The summed E-state index contributed by atoms with van der Waals surface area (Å²) < 4.78 is 0. The van der Waals surface area contributed by atoms with E-state index in [2.05, 4.69) is 31.2 Å². The summed E-state index contributed by atoms with van der Waals surface area (Å²) in [5.74, 6) is -3.15. The first kappa shape index (κ1) is 38.2. The summed E-state index contributed by atoms with van der Waals surface area (Å²) in [7, 11) is 0. The summed E-state index contributed by atoms with van der Waals surface area (Å²) in [4.78, 5) is 57.7. The van der Waals surface area contributed by atoms with E-state index < -0.39 is 34.8 Å². The molecule has 2 aromatic carbocycles. The number of aryl methyl sites for hydroxylation is 1. The molecule has 0 fully saturated rings. The Balaban J connectivity index is 1.49. The quantitative estimate of drug-likeness (QED) is 0.0850. The molecule has 0 bridgehead atoms. The molecule has 0 saturated carbocycles. The molecule has 0 saturated heterocycles. The second kappa shape index (κ2) is 15.5. The second-order valence-electron chi connectivity index (χ2n) is 12.4. The molecule has 15 heteroatoms. The molecule has 0 spiro atoms. The van der Waals surface area contributed by atoms with E-state index in [1.165, 1.54) is 26.1 Å². The minimum absolute atomic E-state index is 0.0448. The smallest absolute Gasteiger partial charge is 0.323 e. The number of rotatable bonds is 13. The van der Waals surface area contributed by atoms with Gasteiger partial charge >= 0.3 is 11.9 Å². The van der Waals surface area contributed by atoms with Crippen LogP contribution < -0.4 is 21.3 Å². The van der Waals surface area contributed by atoms with Crippen LogP contribution in [-0.4, -0.2) is 55.0 Å². The van der Waals surface area contributed by atoms with Gasteiger partial charge in [0, 0.05) is 36.1 Å². The van der Waals surface area contributed by atoms with Crippen molar-refractivity contribution < 1.29 is 29.4 Å². The van der Waals surface area contributed by atoms with Gasteiger partial charge < -0.3 is 20.8 Å². The number of carboxylic acids is 2. The van der Waals surface area contributed by atoms with E-state index in [9.17, 15) is 29.4 Å². The first-order valence-electron chi connectivity index (χ1n) is 15.2. The van der Waals surface area contributed by atoms with Gasteiger partial charge in [-0.2, -0.15) is 0 Å². The fraction of sp³-hybridized carbons (Fsp3) is 0.257. The van der Waals surface area contributed by atoms with E-state index in [-0.39, 0.29) is 45.2 Å². The van der Waals surface area contributed by atoms with Crippen LogP contribution in [0.4, 0.5) is 11.4 Å². The number of anilines is 2. The monoisotopic (exact) mass is 740 g/mol. The molecule has 2 heterocycles. The van der Waals surface area contributed by atoms with Crippen LogP contribution in [0.3, 0.4) is 0 Å². The zero-order valence-electron chi connectivity index (χ0n) is 27.7. The third-order valence-electron chi connectivity index (χ3n) is 7.85. The maximum Gasteiger partial charge on any atom is 0.323 e. The number of hydrogen-bond acceptors (Lipinski definition) is 8. The molecule has 0 aliphatic rings. The zero-order valence-corrected chi connectivity index (χ0v) is 30.0. The predicted molar refractivity (Wildman–Crippen MR) is 193 cm³/mol. The third kappa shape index (κ3) is 8.95. The minimum atomic E-state index is -1.18. The molecular weight excluding hydrogens is 707 g/mol. The third-order valence-corrected chi connectivity index (χ3v) is 8.95. The Hall–Kier alpha value is -4.59. The van der Waals surface area contributed by atoms with Gasteiger partial charge in [0.05, 0.1) is 26.4 Å². The largest absolute Gasteiger partial charge is 0.480 e. The molecule has 0 aliphatic carbocycles. The van der Waals surface area contributed by atoms with Gasteiger partial charge in [-0.05, 0) is 70.0 Å². The Morgan fingerprint density at radius 2 is 1.26 bits per heavy atom. The molecule has 4 rings (SSSR count). The standard InChI is InChI=1S/C35H35Cl3N6O6/c1-18-20(17-41-35(4,5)33(49)50)14-23(36)29(42-18)31(46)44-25-11-7-9-22(28(25)38)21-8-6-10-24(27(21)37)43-30(45)26-13-12-19(15-39-26)16-40-34(2,3)32(47)48/h6-15,40-41H,16-17H2,1-5H3,(H,43,45)(H,44,46)(H,47,48)(H,49,50). The Morgan fingerprint density at radius 3 is 1.76 bits per heavy atom. The Morgan fingerprint density at radius 1 is 0.740 bits per heavy atom. The highest BCUT2D eigenvalue weighted by Crippen LogP contribution is 2.40. The zero-order chi connectivity index (χ0) is 37.0. The van der Waals surface area contributed by atoms with Gasteiger partial charge in [-0.3, -0.25) is 34.8 Å². The highest BCUT2D eigenvalue weighted by molar-refractivity contribution is 6.40. The van der Waals surface area contributed by atoms with Crippen LogP contribution in [-0.2, 0) is 22.7 Å². The van der Waals surface area contributed by atoms with Gasteiger partial charge in [0.2, 0.25) is 0 Å². The maximum absolute atomic E-state index is 13.3. The number of carbonyl (C=O) groups excluding carboxylic acids is 2. The van der Waals surface area contributed by atoms with Crippen LogP contribution in [0.2, 0.25) is 15.1 Å². The highest BCUT2D eigenvalue weighted by Gasteiger charge is 2.27. The number of amides is 2. The molecule has 12 nitrogen and oxygen atoms in total. The Bertz CT molecular complexity index is 1970. The van der Waals surface area contributed by atoms with Crippen molar-refractivity contribution in [1.29, 1.82) is 0 Å². The van der Waals surface area contributed by atoms with E-state index in [1.54, 1.807) is 69.3 Å². The van der Waals surface area contributed by atoms with Gasteiger partial charge in [-0.25, -0.2) is 4.98 Å². The SMILES string of the molecule is Cc1nc(C(=O)Nc2cccc(-c3cccc(NC(=O)c4ccc(CNC(C)(C)C(=O)O)cn4)c3Cl)c2Cl)c(Cl)cc1CNC(C)(C)C(=O)O. The number of benzene rings is 2. The summed E-state index contributed by atoms with van der Waals surface area (Å²) in [6.45, 7) is 8.26. The molecule has 262 valence electrons. The maximum atomic E-state index is 13.3. The Kier molecular flexibility index (Phi) is 11.9. The van der Waals surface area contributed by atoms with Crippen molar-refractivity contribution >= 4 is 69.9 Å². The minimum Gasteiger partial charge on any atom is -0.480 e. The average molecular weight is 742 g/mol. The lowest BCUT2D eigenvalue weighted by atomic mass is 10.0. The van der Waals surface area contributed by atoms with Crippen LogP contribution >= 0.6 is 34.8 Å². The normalized spacial score (nSPS) is 11.6. The molecule has 2 aromatic heterocycles. The van der Waals surface area contributed by atoms with Crippen molar-refractivity contribution in [3.63, 3.8) is 0 Å². The summed E-state index contributed by atoms with van der Waals surface area (Å²) in [6, 6.07) is 14.8. The number of nitrogens with zero attached hydrogens (tertiary/aromatic N) is 2. The molecule has 6 N–H and O–H groups in total.